The SMILES string of the molecule is CC1CCN(S(=O)(=O)N(C)Cc2cn(-c3ccccc3)nc2-c2ccccc2)CC1. The van der Waals surface area contributed by atoms with Crippen LogP contribution in [-0.2, 0) is 16.8 Å². The highest BCUT2D eigenvalue weighted by Gasteiger charge is 2.30. The average molecular weight is 425 g/mol. The molecule has 0 unspecified atom stereocenters. The molecule has 30 heavy (non-hydrogen) atoms. The van der Waals surface area contributed by atoms with Crippen LogP contribution in [0.5, 0.6) is 0 Å². The number of hydrogen-bond acceptors (Lipinski definition) is 3. The summed E-state index contributed by atoms with van der Waals surface area (Å²) in [5, 5.41) is 4.79. The van der Waals surface area contributed by atoms with Crippen molar-refractivity contribution in [1.29, 1.82) is 0 Å². The summed E-state index contributed by atoms with van der Waals surface area (Å²) in [6, 6.07) is 19.8. The van der Waals surface area contributed by atoms with E-state index in [1.165, 1.54) is 4.31 Å². The first-order valence-electron chi connectivity index (χ1n) is 10.4. The van der Waals surface area contributed by atoms with E-state index in [2.05, 4.69) is 6.92 Å². The monoisotopic (exact) mass is 424 g/mol. The number of hydrogen-bond donors (Lipinski definition) is 0. The first-order valence-corrected chi connectivity index (χ1v) is 11.8. The van der Waals surface area contributed by atoms with Gasteiger partial charge in [-0.15, -0.1) is 0 Å². The molecule has 1 aliphatic rings. The summed E-state index contributed by atoms with van der Waals surface area (Å²) in [6.45, 7) is 3.62. The van der Waals surface area contributed by atoms with Crippen molar-refractivity contribution < 1.29 is 8.42 Å². The maximum absolute atomic E-state index is 13.1. The van der Waals surface area contributed by atoms with Gasteiger partial charge in [0.05, 0.1) is 11.4 Å². The van der Waals surface area contributed by atoms with Crippen molar-refractivity contribution in [2.24, 2.45) is 5.92 Å². The van der Waals surface area contributed by atoms with E-state index in [0.717, 1.165) is 35.3 Å². The van der Waals surface area contributed by atoms with Gasteiger partial charge in [-0.25, -0.2) is 4.68 Å². The molecule has 158 valence electrons. The average Bonchev–Trinajstić information content (AvgIpc) is 3.19. The van der Waals surface area contributed by atoms with Crippen LogP contribution in [0.3, 0.4) is 0 Å². The van der Waals surface area contributed by atoms with Crippen LogP contribution < -0.4 is 0 Å². The number of nitrogens with zero attached hydrogens (tertiary/aromatic N) is 4. The van der Waals surface area contributed by atoms with Gasteiger partial charge in [0, 0.05) is 44.0 Å². The fourth-order valence-electron chi connectivity index (χ4n) is 3.81. The quantitative estimate of drug-likeness (QED) is 0.602. The van der Waals surface area contributed by atoms with E-state index in [1.54, 1.807) is 11.4 Å². The number of aromatic nitrogens is 2. The molecule has 0 N–H and O–H groups in total. The lowest BCUT2D eigenvalue weighted by atomic mass is 10.0. The normalized spacial score (nSPS) is 16.2. The molecule has 7 heteroatoms. The van der Waals surface area contributed by atoms with E-state index in [4.69, 9.17) is 5.10 Å². The fourth-order valence-corrected chi connectivity index (χ4v) is 5.18. The summed E-state index contributed by atoms with van der Waals surface area (Å²) in [5.74, 6) is 0.579. The minimum absolute atomic E-state index is 0.269. The van der Waals surface area contributed by atoms with Crippen molar-refractivity contribution in [2.75, 3.05) is 20.1 Å². The van der Waals surface area contributed by atoms with E-state index in [0.29, 0.717) is 19.0 Å². The molecular weight excluding hydrogens is 396 g/mol. The van der Waals surface area contributed by atoms with Crippen LogP contribution in [0.2, 0.25) is 0 Å². The van der Waals surface area contributed by atoms with E-state index < -0.39 is 10.2 Å². The molecule has 2 heterocycles. The second kappa shape index (κ2) is 8.71. The van der Waals surface area contributed by atoms with Crippen LogP contribution in [0.1, 0.15) is 25.3 Å². The Morgan fingerprint density at radius 3 is 2.23 bits per heavy atom. The van der Waals surface area contributed by atoms with Crippen LogP contribution in [0.4, 0.5) is 0 Å². The van der Waals surface area contributed by atoms with Gasteiger partial charge < -0.3 is 0 Å². The number of benzene rings is 2. The van der Waals surface area contributed by atoms with Crippen LogP contribution >= 0.6 is 0 Å². The lowest BCUT2D eigenvalue weighted by molar-refractivity contribution is 0.269. The standard InChI is InChI=1S/C23H28N4O2S/c1-19-13-15-26(16-14-19)30(28,29)25(2)17-21-18-27(22-11-7-4-8-12-22)24-23(21)20-9-5-3-6-10-20/h3-12,18-19H,13-17H2,1-2H3. The van der Waals surface area contributed by atoms with Gasteiger partial charge in [-0.1, -0.05) is 55.5 Å². The molecule has 1 saturated heterocycles. The Kier molecular flexibility index (Phi) is 6.04. The Hall–Kier alpha value is -2.48. The zero-order valence-corrected chi connectivity index (χ0v) is 18.3. The molecule has 6 nitrogen and oxygen atoms in total. The lowest BCUT2D eigenvalue weighted by Gasteiger charge is -2.32. The Morgan fingerprint density at radius 2 is 1.60 bits per heavy atom. The molecule has 4 rings (SSSR count). The van der Waals surface area contributed by atoms with Crippen molar-refractivity contribution in [3.05, 3.63) is 72.4 Å². The summed E-state index contributed by atoms with van der Waals surface area (Å²) in [6.07, 6.45) is 3.75. The van der Waals surface area contributed by atoms with Gasteiger partial charge in [0.2, 0.25) is 0 Å². The summed E-state index contributed by atoms with van der Waals surface area (Å²) in [4.78, 5) is 0. The third-order valence-corrected chi connectivity index (χ3v) is 7.65. The molecule has 0 atom stereocenters. The Bertz CT molecular complexity index is 1070. The number of para-hydroxylation sites is 1. The second-order valence-corrected chi connectivity index (χ2v) is 10.0. The first kappa shape index (κ1) is 20.8. The van der Waals surface area contributed by atoms with Crippen LogP contribution in [0, 0.1) is 5.92 Å². The van der Waals surface area contributed by atoms with E-state index in [-0.39, 0.29) is 6.54 Å². The van der Waals surface area contributed by atoms with E-state index in [1.807, 2.05) is 71.5 Å². The number of rotatable bonds is 6. The largest absolute Gasteiger partial charge is 0.282 e. The van der Waals surface area contributed by atoms with E-state index >= 15 is 0 Å². The molecule has 0 aliphatic carbocycles. The summed E-state index contributed by atoms with van der Waals surface area (Å²) in [7, 11) is -1.85. The minimum atomic E-state index is -3.51. The van der Waals surface area contributed by atoms with Gasteiger partial charge >= 0.3 is 0 Å². The van der Waals surface area contributed by atoms with Gasteiger partial charge in [0.25, 0.3) is 10.2 Å². The van der Waals surface area contributed by atoms with Crippen molar-refractivity contribution in [3.63, 3.8) is 0 Å². The molecule has 0 spiro atoms. The van der Waals surface area contributed by atoms with Gasteiger partial charge in [-0.2, -0.15) is 22.1 Å². The molecular formula is C23H28N4O2S. The van der Waals surface area contributed by atoms with Gasteiger partial charge in [-0.3, -0.25) is 0 Å². The minimum Gasteiger partial charge on any atom is -0.240 e. The summed E-state index contributed by atoms with van der Waals surface area (Å²) < 4.78 is 31.2. The number of piperidine rings is 1. The van der Waals surface area contributed by atoms with Crippen molar-refractivity contribution in [2.45, 2.75) is 26.3 Å². The van der Waals surface area contributed by atoms with Crippen molar-refractivity contribution >= 4 is 10.2 Å². The lowest BCUT2D eigenvalue weighted by Crippen LogP contribution is -2.45. The third kappa shape index (κ3) is 4.33. The molecule has 0 radical (unpaired) electrons. The van der Waals surface area contributed by atoms with Crippen LogP contribution in [0.25, 0.3) is 16.9 Å². The summed E-state index contributed by atoms with van der Waals surface area (Å²) in [5.41, 5.74) is 3.59. The third-order valence-electron chi connectivity index (χ3n) is 5.71. The smallest absolute Gasteiger partial charge is 0.240 e. The summed E-state index contributed by atoms with van der Waals surface area (Å²) >= 11 is 0. The highest BCUT2D eigenvalue weighted by atomic mass is 32.2. The van der Waals surface area contributed by atoms with E-state index in [9.17, 15) is 8.42 Å². The molecule has 3 aromatic rings. The Morgan fingerprint density at radius 1 is 1.00 bits per heavy atom. The Balaban J connectivity index is 1.65. The molecule has 0 saturated carbocycles. The molecule has 1 aromatic heterocycles. The van der Waals surface area contributed by atoms with Crippen molar-refractivity contribution in [3.8, 4) is 16.9 Å². The molecule has 1 aliphatic heterocycles. The highest BCUT2D eigenvalue weighted by molar-refractivity contribution is 7.86. The molecule has 2 aromatic carbocycles. The zero-order chi connectivity index (χ0) is 21.1. The molecule has 1 fully saturated rings. The van der Waals surface area contributed by atoms with Crippen LogP contribution in [0.15, 0.2) is 66.9 Å². The second-order valence-electron chi connectivity index (χ2n) is 7.99. The maximum Gasteiger partial charge on any atom is 0.282 e. The fraction of sp³-hybridized carbons (Fsp3) is 0.348. The van der Waals surface area contributed by atoms with Crippen molar-refractivity contribution in [1.82, 2.24) is 18.4 Å². The highest BCUT2D eigenvalue weighted by Crippen LogP contribution is 2.27. The Labute approximate surface area is 178 Å². The predicted molar refractivity (Wildman–Crippen MR) is 119 cm³/mol. The topological polar surface area (TPSA) is 58.4 Å². The van der Waals surface area contributed by atoms with Gasteiger partial charge in [0.15, 0.2) is 0 Å². The molecule has 0 bridgehead atoms. The zero-order valence-electron chi connectivity index (χ0n) is 17.5. The van der Waals surface area contributed by atoms with Gasteiger partial charge in [0.1, 0.15) is 0 Å². The maximum atomic E-state index is 13.1. The first-order chi connectivity index (χ1) is 14.4. The predicted octanol–water partition coefficient (Wildman–Crippen LogP) is 3.95. The van der Waals surface area contributed by atoms with Crippen LogP contribution in [-0.4, -0.2) is 46.9 Å². The molecule has 0 amide bonds. The van der Waals surface area contributed by atoms with Gasteiger partial charge in [-0.05, 0) is 30.9 Å².